The van der Waals surface area contributed by atoms with E-state index in [9.17, 15) is 9.59 Å². The number of carbonyl (C=O) groups is 2. The van der Waals surface area contributed by atoms with E-state index in [4.69, 9.17) is 11.6 Å². The Hall–Kier alpha value is -2.48. The predicted octanol–water partition coefficient (Wildman–Crippen LogP) is 3.22. The second-order valence-electron chi connectivity index (χ2n) is 7.45. The van der Waals surface area contributed by atoms with Gasteiger partial charge in [0.25, 0.3) is 0 Å². The number of thiazole rings is 1. The van der Waals surface area contributed by atoms with Gasteiger partial charge in [0.05, 0.1) is 22.3 Å². The highest BCUT2D eigenvalue weighted by Crippen LogP contribution is 2.28. The smallest absolute Gasteiger partial charge is 0.242 e. The van der Waals surface area contributed by atoms with Crippen molar-refractivity contribution in [1.29, 1.82) is 0 Å². The number of hydrogen-bond donors (Lipinski definition) is 3. The number of rotatable bonds is 6. The van der Waals surface area contributed by atoms with Gasteiger partial charge in [0.15, 0.2) is 0 Å². The molecular formula is C22H23ClN4O2S. The maximum atomic E-state index is 12.6. The molecule has 0 spiro atoms. The highest BCUT2D eigenvalue weighted by molar-refractivity contribution is 7.18. The molecule has 1 aliphatic rings. The van der Waals surface area contributed by atoms with Gasteiger partial charge >= 0.3 is 0 Å². The number of hydrogen-bond acceptors (Lipinski definition) is 5. The lowest BCUT2D eigenvalue weighted by molar-refractivity contribution is -0.129. The van der Waals surface area contributed by atoms with Crippen LogP contribution in [0.4, 0.5) is 0 Å². The highest BCUT2D eigenvalue weighted by atomic mass is 35.5. The van der Waals surface area contributed by atoms with Gasteiger partial charge in [-0.3, -0.25) is 9.59 Å². The Kier molecular flexibility index (Phi) is 6.32. The molecule has 2 aromatic carbocycles. The fraction of sp³-hybridized carbons (Fsp3) is 0.318. The van der Waals surface area contributed by atoms with Gasteiger partial charge in [0.1, 0.15) is 16.6 Å². The summed E-state index contributed by atoms with van der Waals surface area (Å²) in [5.41, 5.74) is 1.97. The maximum Gasteiger partial charge on any atom is 0.242 e. The van der Waals surface area contributed by atoms with Crippen LogP contribution >= 0.6 is 22.9 Å². The van der Waals surface area contributed by atoms with Crippen LogP contribution in [0.15, 0.2) is 48.5 Å². The number of amides is 2. The number of halogens is 1. The molecule has 30 heavy (non-hydrogen) atoms. The third-order valence-electron chi connectivity index (χ3n) is 5.30. The molecule has 8 heteroatoms. The van der Waals surface area contributed by atoms with Gasteiger partial charge in [-0.2, -0.15) is 0 Å². The first-order valence-corrected chi connectivity index (χ1v) is 11.1. The van der Waals surface area contributed by atoms with Crippen molar-refractivity contribution >= 4 is 45.0 Å². The SMILES string of the molecule is C[C@H](NC(=O)[C@H]1C[C@H](c2ccccc2)CN1)C(=O)NCc1nc2c(Cl)cccc2s1. The molecule has 1 aliphatic heterocycles. The Morgan fingerprint density at radius 1 is 1.23 bits per heavy atom. The van der Waals surface area contributed by atoms with E-state index in [0.29, 0.717) is 17.5 Å². The topological polar surface area (TPSA) is 83.1 Å². The van der Waals surface area contributed by atoms with Gasteiger partial charge in [-0.1, -0.05) is 48.0 Å². The van der Waals surface area contributed by atoms with Crippen LogP contribution in [-0.4, -0.2) is 35.4 Å². The van der Waals surface area contributed by atoms with E-state index < -0.39 is 6.04 Å². The van der Waals surface area contributed by atoms with Gasteiger partial charge < -0.3 is 16.0 Å². The molecule has 1 fully saturated rings. The molecule has 156 valence electrons. The Morgan fingerprint density at radius 3 is 2.80 bits per heavy atom. The Bertz CT molecular complexity index is 1060. The molecule has 6 nitrogen and oxygen atoms in total. The zero-order valence-corrected chi connectivity index (χ0v) is 18.1. The summed E-state index contributed by atoms with van der Waals surface area (Å²) in [4.78, 5) is 29.5. The minimum atomic E-state index is -0.631. The number of para-hydroxylation sites is 1. The van der Waals surface area contributed by atoms with E-state index in [0.717, 1.165) is 28.2 Å². The highest BCUT2D eigenvalue weighted by Gasteiger charge is 2.31. The minimum absolute atomic E-state index is 0.150. The summed E-state index contributed by atoms with van der Waals surface area (Å²) >= 11 is 7.65. The molecular weight excluding hydrogens is 420 g/mol. The van der Waals surface area contributed by atoms with Gasteiger partial charge in [-0.15, -0.1) is 11.3 Å². The molecule has 2 heterocycles. The van der Waals surface area contributed by atoms with Crippen LogP contribution < -0.4 is 16.0 Å². The predicted molar refractivity (Wildman–Crippen MR) is 120 cm³/mol. The molecule has 1 saturated heterocycles. The molecule has 0 aliphatic carbocycles. The van der Waals surface area contributed by atoms with E-state index in [1.807, 2.05) is 30.3 Å². The van der Waals surface area contributed by atoms with Gasteiger partial charge in [0, 0.05) is 6.54 Å². The third kappa shape index (κ3) is 4.64. The lowest BCUT2D eigenvalue weighted by Crippen LogP contribution is -2.49. The number of nitrogens with zero attached hydrogens (tertiary/aromatic N) is 1. The first-order chi connectivity index (χ1) is 14.5. The first-order valence-electron chi connectivity index (χ1n) is 9.91. The summed E-state index contributed by atoms with van der Waals surface area (Å²) in [7, 11) is 0. The van der Waals surface area contributed by atoms with Crippen molar-refractivity contribution in [1.82, 2.24) is 20.9 Å². The van der Waals surface area contributed by atoms with Crippen LogP contribution in [0.25, 0.3) is 10.2 Å². The summed E-state index contributed by atoms with van der Waals surface area (Å²) in [6.07, 6.45) is 0.719. The average molecular weight is 443 g/mol. The van der Waals surface area contributed by atoms with E-state index in [1.165, 1.54) is 16.9 Å². The summed E-state index contributed by atoms with van der Waals surface area (Å²) in [5.74, 6) is -0.0916. The molecule has 2 amide bonds. The maximum absolute atomic E-state index is 12.6. The van der Waals surface area contributed by atoms with E-state index >= 15 is 0 Å². The number of benzene rings is 2. The molecule has 0 radical (unpaired) electrons. The average Bonchev–Trinajstić information content (AvgIpc) is 3.40. The second kappa shape index (κ2) is 9.12. The Labute approximate surface area is 184 Å². The van der Waals surface area contributed by atoms with Crippen molar-refractivity contribution in [3.05, 3.63) is 64.1 Å². The molecule has 0 bridgehead atoms. The fourth-order valence-electron chi connectivity index (χ4n) is 3.65. The third-order valence-corrected chi connectivity index (χ3v) is 6.62. The lowest BCUT2D eigenvalue weighted by Gasteiger charge is -2.17. The zero-order chi connectivity index (χ0) is 21.1. The molecule has 3 aromatic rings. The quantitative estimate of drug-likeness (QED) is 0.547. The van der Waals surface area contributed by atoms with Crippen molar-refractivity contribution in [2.24, 2.45) is 0 Å². The second-order valence-corrected chi connectivity index (χ2v) is 8.97. The minimum Gasteiger partial charge on any atom is -0.348 e. The molecule has 0 unspecified atom stereocenters. The monoisotopic (exact) mass is 442 g/mol. The standard InChI is InChI=1S/C22H23ClN4O2S/c1-13(21(28)25-12-19-27-20-16(23)8-5-9-18(20)30-19)26-22(29)17-10-15(11-24-17)14-6-3-2-4-7-14/h2-9,13,15,17,24H,10-12H2,1H3,(H,25,28)(H,26,29)/t13-,15-,17+/m0/s1. The van der Waals surface area contributed by atoms with Crippen LogP contribution in [-0.2, 0) is 16.1 Å². The van der Waals surface area contributed by atoms with Crippen LogP contribution in [0.1, 0.15) is 29.8 Å². The molecule has 1 aromatic heterocycles. The van der Waals surface area contributed by atoms with E-state index in [2.05, 4.69) is 33.1 Å². The summed E-state index contributed by atoms with van der Waals surface area (Å²) in [5, 5.41) is 10.3. The summed E-state index contributed by atoms with van der Waals surface area (Å²) in [6.45, 7) is 2.74. The van der Waals surface area contributed by atoms with Crippen molar-refractivity contribution < 1.29 is 9.59 Å². The van der Waals surface area contributed by atoms with Crippen molar-refractivity contribution in [3.8, 4) is 0 Å². The summed E-state index contributed by atoms with van der Waals surface area (Å²) < 4.78 is 0.980. The normalized spacial score (nSPS) is 19.5. The van der Waals surface area contributed by atoms with Crippen LogP contribution in [0, 0.1) is 0 Å². The first kappa shape index (κ1) is 20.8. The molecule has 4 rings (SSSR count). The van der Waals surface area contributed by atoms with Crippen molar-refractivity contribution in [3.63, 3.8) is 0 Å². The van der Waals surface area contributed by atoms with Gasteiger partial charge in [0.2, 0.25) is 11.8 Å². The number of carbonyl (C=O) groups excluding carboxylic acids is 2. The van der Waals surface area contributed by atoms with Crippen molar-refractivity contribution in [2.45, 2.75) is 37.9 Å². The van der Waals surface area contributed by atoms with Crippen molar-refractivity contribution in [2.75, 3.05) is 6.54 Å². The number of nitrogens with one attached hydrogen (secondary N) is 3. The van der Waals surface area contributed by atoms with Gasteiger partial charge in [-0.05, 0) is 37.0 Å². The number of fused-ring (bicyclic) bond motifs is 1. The number of aromatic nitrogens is 1. The zero-order valence-electron chi connectivity index (χ0n) is 16.5. The van der Waals surface area contributed by atoms with Crippen LogP contribution in [0.2, 0.25) is 5.02 Å². The fourth-order valence-corrected chi connectivity index (χ4v) is 4.85. The lowest BCUT2D eigenvalue weighted by atomic mass is 9.96. The molecule has 0 saturated carbocycles. The van der Waals surface area contributed by atoms with E-state index in [1.54, 1.807) is 13.0 Å². The van der Waals surface area contributed by atoms with Crippen LogP contribution in [0.3, 0.4) is 0 Å². The van der Waals surface area contributed by atoms with Gasteiger partial charge in [-0.25, -0.2) is 4.98 Å². The summed E-state index contributed by atoms with van der Waals surface area (Å²) in [6, 6.07) is 14.9. The van der Waals surface area contributed by atoms with Crippen LogP contribution in [0.5, 0.6) is 0 Å². The van der Waals surface area contributed by atoms with E-state index in [-0.39, 0.29) is 17.9 Å². The molecule has 3 N–H and O–H groups in total. The Balaban J connectivity index is 1.28. The molecule has 3 atom stereocenters. The largest absolute Gasteiger partial charge is 0.348 e. The Morgan fingerprint density at radius 2 is 2.03 bits per heavy atom.